The number of rotatable bonds is 6. The number of nitrogens with zero attached hydrogens (tertiary/aromatic N) is 3. The standard InChI is InChI=1S/C18H17ClN4O4/c1-3-22-18(24)15(19)16(17(21-22)23(25)26)20-10-11-8-9-14(27-2)13-7-5-4-6-12(11)13/h4-9,20H,3,10H2,1-2H3. The van der Waals surface area contributed by atoms with Gasteiger partial charge in [0, 0.05) is 11.9 Å². The van der Waals surface area contributed by atoms with Gasteiger partial charge in [0.25, 0.3) is 0 Å². The molecule has 0 saturated carbocycles. The molecule has 0 amide bonds. The van der Waals surface area contributed by atoms with Crippen LogP contribution in [0.1, 0.15) is 12.5 Å². The Bertz CT molecular complexity index is 1080. The van der Waals surface area contributed by atoms with Crippen molar-refractivity contribution >= 4 is 33.9 Å². The van der Waals surface area contributed by atoms with Crippen LogP contribution < -0.4 is 15.6 Å². The number of aryl methyl sites for hydroxylation is 1. The highest BCUT2D eigenvalue weighted by Crippen LogP contribution is 2.31. The fourth-order valence-electron chi connectivity index (χ4n) is 2.88. The van der Waals surface area contributed by atoms with Crippen molar-refractivity contribution in [1.29, 1.82) is 0 Å². The summed E-state index contributed by atoms with van der Waals surface area (Å²) < 4.78 is 6.34. The molecule has 1 aromatic heterocycles. The summed E-state index contributed by atoms with van der Waals surface area (Å²) in [6.07, 6.45) is 0. The maximum absolute atomic E-state index is 12.2. The molecule has 3 aromatic rings. The van der Waals surface area contributed by atoms with Gasteiger partial charge in [-0.05, 0) is 28.9 Å². The third kappa shape index (κ3) is 3.43. The van der Waals surface area contributed by atoms with Crippen LogP contribution >= 0.6 is 11.6 Å². The molecule has 0 radical (unpaired) electrons. The van der Waals surface area contributed by atoms with Gasteiger partial charge in [0.1, 0.15) is 10.8 Å². The summed E-state index contributed by atoms with van der Waals surface area (Å²) in [6.45, 7) is 2.07. The highest BCUT2D eigenvalue weighted by Gasteiger charge is 2.25. The zero-order valence-corrected chi connectivity index (χ0v) is 15.5. The molecule has 9 heteroatoms. The van der Waals surface area contributed by atoms with E-state index in [1.807, 2.05) is 36.4 Å². The van der Waals surface area contributed by atoms with E-state index < -0.39 is 16.3 Å². The van der Waals surface area contributed by atoms with E-state index in [9.17, 15) is 14.9 Å². The first-order chi connectivity index (χ1) is 13.0. The molecule has 0 aliphatic rings. The van der Waals surface area contributed by atoms with Gasteiger partial charge in [-0.15, -0.1) is 4.68 Å². The maximum Gasteiger partial charge on any atom is 0.413 e. The molecule has 140 valence electrons. The van der Waals surface area contributed by atoms with Crippen LogP contribution in [-0.4, -0.2) is 21.8 Å². The molecule has 0 aliphatic heterocycles. The van der Waals surface area contributed by atoms with Gasteiger partial charge in [-0.2, -0.15) is 0 Å². The largest absolute Gasteiger partial charge is 0.496 e. The van der Waals surface area contributed by atoms with Crippen LogP contribution in [0.15, 0.2) is 41.2 Å². The number of hydrogen-bond donors (Lipinski definition) is 1. The van der Waals surface area contributed by atoms with Crippen LogP contribution in [0.3, 0.4) is 0 Å². The number of nitrogens with one attached hydrogen (secondary N) is 1. The normalized spacial score (nSPS) is 10.8. The number of nitro groups is 1. The Morgan fingerprint density at radius 1 is 1.26 bits per heavy atom. The van der Waals surface area contributed by atoms with E-state index in [1.165, 1.54) is 0 Å². The molecule has 0 saturated heterocycles. The Balaban J connectivity index is 2.03. The monoisotopic (exact) mass is 388 g/mol. The summed E-state index contributed by atoms with van der Waals surface area (Å²) in [6, 6.07) is 11.3. The van der Waals surface area contributed by atoms with E-state index in [1.54, 1.807) is 14.0 Å². The van der Waals surface area contributed by atoms with Crippen LogP contribution in [0.2, 0.25) is 5.02 Å². The summed E-state index contributed by atoms with van der Waals surface area (Å²) in [5.74, 6) is 0.241. The Labute approximate surface area is 159 Å². The van der Waals surface area contributed by atoms with E-state index in [2.05, 4.69) is 10.4 Å². The van der Waals surface area contributed by atoms with Crippen LogP contribution in [0.5, 0.6) is 5.75 Å². The number of hydrogen-bond acceptors (Lipinski definition) is 6. The first kappa shape index (κ1) is 18.7. The lowest BCUT2D eigenvalue weighted by molar-refractivity contribution is -0.389. The number of anilines is 1. The van der Waals surface area contributed by atoms with E-state index in [4.69, 9.17) is 16.3 Å². The predicted octanol–water partition coefficient (Wildman–Crippen LogP) is 3.60. The van der Waals surface area contributed by atoms with Gasteiger partial charge in [0.05, 0.1) is 18.8 Å². The second kappa shape index (κ2) is 7.63. The molecule has 0 fully saturated rings. The van der Waals surface area contributed by atoms with Gasteiger partial charge in [-0.25, -0.2) is 0 Å². The highest BCUT2D eigenvalue weighted by atomic mass is 35.5. The van der Waals surface area contributed by atoms with E-state index in [0.717, 1.165) is 26.8 Å². The van der Waals surface area contributed by atoms with Gasteiger partial charge < -0.3 is 20.2 Å². The number of fused-ring (bicyclic) bond motifs is 1. The van der Waals surface area contributed by atoms with Gasteiger partial charge >= 0.3 is 11.4 Å². The molecular weight excluding hydrogens is 372 g/mol. The van der Waals surface area contributed by atoms with Gasteiger partial charge in [0.2, 0.25) is 0 Å². The minimum atomic E-state index is -0.661. The number of methoxy groups -OCH3 is 1. The number of benzene rings is 2. The molecule has 8 nitrogen and oxygen atoms in total. The van der Waals surface area contributed by atoms with Crippen molar-refractivity contribution in [3.63, 3.8) is 0 Å². The zero-order valence-electron chi connectivity index (χ0n) is 14.7. The van der Waals surface area contributed by atoms with Crippen LogP contribution in [0.25, 0.3) is 10.8 Å². The molecule has 0 spiro atoms. The summed E-state index contributed by atoms with van der Waals surface area (Å²) in [5, 5.41) is 19.7. The van der Waals surface area contributed by atoms with Crippen molar-refractivity contribution in [3.8, 4) is 5.75 Å². The molecule has 27 heavy (non-hydrogen) atoms. The van der Waals surface area contributed by atoms with Gasteiger partial charge in [-0.1, -0.05) is 41.9 Å². The molecule has 1 N–H and O–H groups in total. The van der Waals surface area contributed by atoms with Crippen molar-refractivity contribution in [3.05, 3.63) is 67.5 Å². The Kier molecular flexibility index (Phi) is 5.27. The third-order valence-electron chi connectivity index (χ3n) is 4.20. The topological polar surface area (TPSA) is 99.3 Å². The lowest BCUT2D eigenvalue weighted by Gasteiger charge is -2.13. The van der Waals surface area contributed by atoms with Crippen molar-refractivity contribution in [1.82, 2.24) is 9.78 Å². The molecule has 2 aromatic carbocycles. The van der Waals surface area contributed by atoms with Crippen LogP contribution in [0, 0.1) is 10.1 Å². The smallest absolute Gasteiger partial charge is 0.413 e. The summed E-state index contributed by atoms with van der Waals surface area (Å²) >= 11 is 6.10. The first-order valence-corrected chi connectivity index (χ1v) is 8.59. The predicted molar refractivity (Wildman–Crippen MR) is 104 cm³/mol. The quantitative estimate of drug-likeness (QED) is 0.511. The van der Waals surface area contributed by atoms with E-state index >= 15 is 0 Å². The molecular formula is C18H17ClN4O4. The molecule has 3 rings (SSSR count). The van der Waals surface area contributed by atoms with Gasteiger partial charge in [-0.3, -0.25) is 4.79 Å². The minimum Gasteiger partial charge on any atom is -0.496 e. The maximum atomic E-state index is 12.2. The molecule has 0 atom stereocenters. The summed E-state index contributed by atoms with van der Waals surface area (Å²) in [5.41, 5.74) is 0.208. The lowest BCUT2D eigenvalue weighted by atomic mass is 10.0. The average Bonchev–Trinajstić information content (AvgIpc) is 2.68. The minimum absolute atomic E-state index is 0.0868. The molecule has 0 aliphatic carbocycles. The molecule has 1 heterocycles. The van der Waals surface area contributed by atoms with Crippen LogP contribution in [0.4, 0.5) is 11.5 Å². The SMILES string of the molecule is CCn1nc([N+](=O)[O-])c(NCc2ccc(OC)c3ccccc23)c(Cl)c1=O. The lowest BCUT2D eigenvalue weighted by Crippen LogP contribution is -2.25. The highest BCUT2D eigenvalue weighted by molar-refractivity contribution is 6.33. The number of halogens is 1. The Morgan fingerprint density at radius 3 is 2.59 bits per heavy atom. The fraction of sp³-hybridized carbons (Fsp3) is 0.222. The summed E-state index contributed by atoms with van der Waals surface area (Å²) in [4.78, 5) is 22.9. The van der Waals surface area contributed by atoms with Gasteiger partial charge in [0.15, 0.2) is 5.69 Å². The van der Waals surface area contributed by atoms with E-state index in [-0.39, 0.29) is 23.8 Å². The molecule has 0 bridgehead atoms. The summed E-state index contributed by atoms with van der Waals surface area (Å²) in [7, 11) is 1.59. The van der Waals surface area contributed by atoms with Crippen LogP contribution in [-0.2, 0) is 13.1 Å². The fourth-order valence-corrected chi connectivity index (χ4v) is 3.13. The average molecular weight is 389 g/mol. The van der Waals surface area contributed by atoms with Crippen molar-refractivity contribution < 1.29 is 9.66 Å². The van der Waals surface area contributed by atoms with Crippen molar-refractivity contribution in [2.45, 2.75) is 20.0 Å². The van der Waals surface area contributed by atoms with Crippen molar-refractivity contribution in [2.75, 3.05) is 12.4 Å². The first-order valence-electron chi connectivity index (χ1n) is 8.21. The second-order valence-corrected chi connectivity index (χ2v) is 6.09. The third-order valence-corrected chi connectivity index (χ3v) is 4.55. The number of aromatic nitrogens is 2. The van der Waals surface area contributed by atoms with E-state index in [0.29, 0.717) is 0 Å². The zero-order chi connectivity index (χ0) is 19.6. The Morgan fingerprint density at radius 2 is 1.96 bits per heavy atom. The van der Waals surface area contributed by atoms with Crippen molar-refractivity contribution in [2.24, 2.45) is 0 Å². The number of ether oxygens (including phenoxy) is 1. The second-order valence-electron chi connectivity index (χ2n) is 5.72. The molecule has 0 unspecified atom stereocenters. The Hall–Kier alpha value is -3.13.